The fraction of sp³-hybridized carbons (Fsp3) is 0.533. The van der Waals surface area contributed by atoms with E-state index in [2.05, 4.69) is 10.3 Å². The molecular formula is C15H21ClN2O4. The Morgan fingerprint density at radius 1 is 1.45 bits per heavy atom. The van der Waals surface area contributed by atoms with Crippen molar-refractivity contribution in [2.24, 2.45) is 0 Å². The van der Waals surface area contributed by atoms with Crippen LogP contribution in [0.2, 0.25) is 0 Å². The summed E-state index contributed by atoms with van der Waals surface area (Å²) < 4.78 is 0. The van der Waals surface area contributed by atoms with Gasteiger partial charge in [0.2, 0.25) is 5.91 Å². The van der Waals surface area contributed by atoms with Crippen LogP contribution < -0.4 is 5.32 Å². The van der Waals surface area contributed by atoms with Crippen molar-refractivity contribution in [3.05, 3.63) is 30.1 Å². The van der Waals surface area contributed by atoms with E-state index in [-0.39, 0.29) is 17.8 Å². The van der Waals surface area contributed by atoms with Crippen molar-refractivity contribution in [1.29, 1.82) is 0 Å². The molecule has 122 valence electrons. The number of halogens is 1. The first-order chi connectivity index (χ1) is 10.4. The molecule has 1 fully saturated rings. The molecule has 22 heavy (non-hydrogen) atoms. The molecule has 0 saturated heterocycles. The number of aliphatic hydroxyl groups is 1. The molecule has 1 saturated carbocycles. The summed E-state index contributed by atoms with van der Waals surface area (Å²) in [6, 6.07) is 3.84. The van der Waals surface area contributed by atoms with E-state index < -0.39 is 11.6 Å². The predicted molar refractivity (Wildman–Crippen MR) is 82.6 cm³/mol. The van der Waals surface area contributed by atoms with Crippen molar-refractivity contribution in [3.63, 3.8) is 0 Å². The second-order valence-corrected chi connectivity index (χ2v) is 5.53. The van der Waals surface area contributed by atoms with E-state index in [0.717, 1.165) is 25.3 Å². The maximum atomic E-state index is 11.2. The van der Waals surface area contributed by atoms with Crippen molar-refractivity contribution in [2.45, 2.75) is 44.2 Å². The number of carbonyl (C=O) groups is 2. The molecule has 2 rings (SSSR count). The van der Waals surface area contributed by atoms with Gasteiger partial charge < -0.3 is 15.5 Å². The summed E-state index contributed by atoms with van der Waals surface area (Å²) in [4.78, 5) is 24.2. The van der Waals surface area contributed by atoms with Gasteiger partial charge in [0, 0.05) is 30.9 Å². The minimum Gasteiger partial charge on any atom is -0.481 e. The highest BCUT2D eigenvalue weighted by atomic mass is 35.5. The summed E-state index contributed by atoms with van der Waals surface area (Å²) in [7, 11) is 0. The highest BCUT2D eigenvalue weighted by Crippen LogP contribution is 2.36. The van der Waals surface area contributed by atoms with Gasteiger partial charge in [-0.25, -0.2) is 0 Å². The Bertz CT molecular complexity index is 484. The number of hydrogen-bond donors (Lipinski definition) is 3. The molecule has 1 aliphatic rings. The SMILES string of the molecule is CC(=O)O.O=C(CCl)NC1CCC(O)(c2cccnc2)CC1. The third-order valence-corrected chi connectivity index (χ3v) is 3.74. The van der Waals surface area contributed by atoms with Crippen LogP contribution in [0.5, 0.6) is 0 Å². The van der Waals surface area contributed by atoms with Gasteiger partial charge in [-0.3, -0.25) is 14.6 Å². The number of hydrogen-bond acceptors (Lipinski definition) is 4. The molecule has 0 radical (unpaired) electrons. The minimum atomic E-state index is -0.833. The molecule has 0 aliphatic heterocycles. The van der Waals surface area contributed by atoms with E-state index in [4.69, 9.17) is 21.5 Å². The van der Waals surface area contributed by atoms with Gasteiger partial charge in [0.15, 0.2) is 0 Å². The van der Waals surface area contributed by atoms with Crippen LogP contribution in [-0.2, 0) is 15.2 Å². The van der Waals surface area contributed by atoms with Gasteiger partial charge in [-0.1, -0.05) is 6.07 Å². The Hall–Kier alpha value is -1.66. The van der Waals surface area contributed by atoms with E-state index in [1.165, 1.54) is 0 Å². The Balaban J connectivity index is 0.000000541. The summed E-state index contributed by atoms with van der Waals surface area (Å²) >= 11 is 5.45. The summed E-state index contributed by atoms with van der Waals surface area (Å²) in [5.41, 5.74) is 0.0447. The maximum Gasteiger partial charge on any atom is 0.300 e. The molecule has 0 aromatic carbocycles. The number of alkyl halides is 1. The standard InChI is InChI=1S/C13H17ClN2O2.C2H4O2/c14-8-12(17)16-11-3-5-13(18,6-4-11)10-2-1-7-15-9-10;1-2(3)4/h1-2,7,9,11,18H,3-6,8H2,(H,16,17);1H3,(H,3,4). The fourth-order valence-corrected chi connectivity index (χ4v) is 2.51. The highest BCUT2D eigenvalue weighted by molar-refractivity contribution is 6.27. The molecule has 7 heteroatoms. The van der Waals surface area contributed by atoms with E-state index in [9.17, 15) is 9.90 Å². The number of carboxylic acid groups (broad SMARTS) is 1. The second kappa shape index (κ2) is 8.70. The van der Waals surface area contributed by atoms with E-state index in [1.54, 1.807) is 12.4 Å². The van der Waals surface area contributed by atoms with Crippen LogP contribution in [0.1, 0.15) is 38.2 Å². The van der Waals surface area contributed by atoms with E-state index in [1.807, 2.05) is 12.1 Å². The number of nitrogens with one attached hydrogen (secondary N) is 1. The number of aromatic nitrogens is 1. The lowest BCUT2D eigenvalue weighted by Gasteiger charge is -2.36. The quantitative estimate of drug-likeness (QED) is 0.733. The van der Waals surface area contributed by atoms with Crippen molar-refractivity contribution >= 4 is 23.5 Å². The Labute approximate surface area is 134 Å². The van der Waals surface area contributed by atoms with E-state index in [0.29, 0.717) is 12.8 Å². The van der Waals surface area contributed by atoms with Crippen molar-refractivity contribution in [1.82, 2.24) is 10.3 Å². The van der Waals surface area contributed by atoms with Gasteiger partial charge in [0.05, 0.1) is 5.60 Å². The molecule has 0 spiro atoms. The molecule has 1 amide bonds. The second-order valence-electron chi connectivity index (χ2n) is 5.27. The first kappa shape index (κ1) is 18.4. The third kappa shape index (κ3) is 5.99. The Morgan fingerprint density at radius 2 is 2.05 bits per heavy atom. The van der Waals surface area contributed by atoms with Crippen molar-refractivity contribution in [2.75, 3.05) is 5.88 Å². The largest absolute Gasteiger partial charge is 0.481 e. The van der Waals surface area contributed by atoms with Crippen LogP contribution in [0.3, 0.4) is 0 Å². The fourth-order valence-electron chi connectivity index (χ4n) is 2.43. The Kier molecular flexibility index (Phi) is 7.27. The molecule has 1 aromatic heterocycles. The molecular weight excluding hydrogens is 308 g/mol. The van der Waals surface area contributed by atoms with Crippen LogP contribution >= 0.6 is 11.6 Å². The lowest BCUT2D eigenvalue weighted by atomic mass is 9.78. The highest BCUT2D eigenvalue weighted by Gasteiger charge is 2.35. The van der Waals surface area contributed by atoms with Gasteiger partial charge in [-0.2, -0.15) is 0 Å². The first-order valence-electron chi connectivity index (χ1n) is 7.05. The third-order valence-electron chi connectivity index (χ3n) is 3.50. The zero-order valence-electron chi connectivity index (χ0n) is 12.5. The zero-order chi connectivity index (χ0) is 16.6. The lowest BCUT2D eigenvalue weighted by molar-refractivity contribution is -0.134. The van der Waals surface area contributed by atoms with Gasteiger partial charge in [-0.15, -0.1) is 11.6 Å². The van der Waals surface area contributed by atoms with Gasteiger partial charge >= 0.3 is 0 Å². The van der Waals surface area contributed by atoms with Crippen LogP contribution in [-0.4, -0.2) is 39.0 Å². The molecule has 1 heterocycles. The molecule has 3 N–H and O–H groups in total. The summed E-state index contributed by atoms with van der Waals surface area (Å²) in [6.07, 6.45) is 6.18. The van der Waals surface area contributed by atoms with Crippen LogP contribution in [0, 0.1) is 0 Å². The molecule has 0 atom stereocenters. The Morgan fingerprint density at radius 3 is 2.50 bits per heavy atom. The number of carboxylic acids is 1. The van der Waals surface area contributed by atoms with Crippen LogP contribution in [0.25, 0.3) is 0 Å². The maximum absolute atomic E-state index is 11.2. The predicted octanol–water partition coefficient (Wildman–Crippen LogP) is 1.66. The molecule has 1 aromatic rings. The van der Waals surface area contributed by atoms with Crippen molar-refractivity contribution in [3.8, 4) is 0 Å². The summed E-state index contributed by atoms with van der Waals surface area (Å²) in [5.74, 6) is -0.989. The summed E-state index contributed by atoms with van der Waals surface area (Å²) in [5, 5.41) is 20.8. The number of pyridine rings is 1. The normalized spacial score (nSPS) is 23.9. The van der Waals surface area contributed by atoms with Gasteiger partial charge in [0.1, 0.15) is 5.88 Å². The van der Waals surface area contributed by atoms with Crippen molar-refractivity contribution < 1.29 is 19.8 Å². The number of aliphatic carboxylic acids is 1. The number of carbonyl (C=O) groups excluding carboxylic acids is 1. The topological polar surface area (TPSA) is 99.5 Å². The first-order valence-corrected chi connectivity index (χ1v) is 7.58. The molecule has 0 unspecified atom stereocenters. The van der Waals surface area contributed by atoms with Gasteiger partial charge in [-0.05, 0) is 31.7 Å². The monoisotopic (exact) mass is 328 g/mol. The van der Waals surface area contributed by atoms with Crippen LogP contribution in [0.4, 0.5) is 0 Å². The van der Waals surface area contributed by atoms with Crippen LogP contribution in [0.15, 0.2) is 24.5 Å². The van der Waals surface area contributed by atoms with Gasteiger partial charge in [0.25, 0.3) is 5.97 Å². The molecule has 6 nitrogen and oxygen atoms in total. The smallest absolute Gasteiger partial charge is 0.300 e. The number of amides is 1. The molecule has 0 bridgehead atoms. The minimum absolute atomic E-state index is 0.0105. The summed E-state index contributed by atoms with van der Waals surface area (Å²) in [6.45, 7) is 1.08. The average Bonchev–Trinajstić information content (AvgIpc) is 2.50. The number of nitrogens with zero attached hydrogens (tertiary/aromatic N) is 1. The lowest BCUT2D eigenvalue weighted by Crippen LogP contribution is -2.42. The van der Waals surface area contributed by atoms with E-state index >= 15 is 0 Å². The molecule has 1 aliphatic carbocycles. The zero-order valence-corrected chi connectivity index (χ0v) is 13.2. The average molecular weight is 329 g/mol. The number of rotatable bonds is 3.